The van der Waals surface area contributed by atoms with Crippen LogP contribution in [0.25, 0.3) is 87.2 Å². The molecule has 9 aromatic rings. The zero-order valence-corrected chi connectivity index (χ0v) is 26.5. The monoisotopic (exact) mass is 596 g/mol. The summed E-state index contributed by atoms with van der Waals surface area (Å²) in [4.78, 5) is 0. The van der Waals surface area contributed by atoms with Crippen molar-refractivity contribution in [2.45, 2.75) is 19.3 Å². The van der Waals surface area contributed by atoms with Crippen LogP contribution in [-0.2, 0) is 5.41 Å². The van der Waals surface area contributed by atoms with Gasteiger partial charge in [-0.25, -0.2) is 0 Å². The molecular weight excluding hydrogens is 565 g/mol. The second-order valence-electron chi connectivity index (χ2n) is 13.7. The Bertz CT molecular complexity index is 2700. The second-order valence-corrected chi connectivity index (χ2v) is 13.7. The predicted octanol–water partition coefficient (Wildman–Crippen LogP) is 13.1. The van der Waals surface area contributed by atoms with E-state index in [1.165, 1.54) is 98.4 Å². The number of fused-ring (bicyclic) bond motifs is 11. The maximum absolute atomic E-state index is 2.48. The van der Waals surface area contributed by atoms with E-state index in [-0.39, 0.29) is 5.41 Å². The lowest BCUT2D eigenvalue weighted by atomic mass is 9.79. The highest BCUT2D eigenvalue weighted by Gasteiger charge is 2.38. The first kappa shape index (κ1) is 26.5. The Kier molecular flexibility index (Phi) is 5.44. The maximum Gasteiger partial charge on any atom is 0.0165 e. The molecule has 0 fully saturated rings. The van der Waals surface area contributed by atoms with Crippen molar-refractivity contribution < 1.29 is 0 Å². The molecule has 0 spiro atoms. The molecule has 0 saturated heterocycles. The molecule has 0 radical (unpaired) electrons. The smallest absolute Gasteiger partial charge is 0.0165 e. The van der Waals surface area contributed by atoms with Crippen molar-refractivity contribution in [2.75, 3.05) is 0 Å². The van der Waals surface area contributed by atoms with E-state index in [0.29, 0.717) is 0 Å². The predicted molar refractivity (Wildman–Crippen MR) is 202 cm³/mol. The molecule has 10 rings (SSSR count). The topological polar surface area (TPSA) is 0 Å². The lowest BCUT2D eigenvalue weighted by Crippen LogP contribution is -2.15. The van der Waals surface area contributed by atoms with Crippen LogP contribution in [0.5, 0.6) is 0 Å². The minimum absolute atomic E-state index is 0.127. The molecule has 0 aliphatic heterocycles. The third-order valence-corrected chi connectivity index (χ3v) is 10.8. The summed E-state index contributed by atoms with van der Waals surface area (Å²) in [5, 5.41) is 13.1. The zero-order chi connectivity index (χ0) is 31.3. The molecule has 0 heteroatoms. The van der Waals surface area contributed by atoms with Gasteiger partial charge in [0.25, 0.3) is 0 Å². The Hall–Kier alpha value is -5.72. The van der Waals surface area contributed by atoms with E-state index < -0.39 is 0 Å². The van der Waals surface area contributed by atoms with Crippen molar-refractivity contribution in [3.63, 3.8) is 0 Å². The number of rotatable bonds is 2. The summed E-state index contributed by atoms with van der Waals surface area (Å²) < 4.78 is 0. The standard InChI is InChI=1S/C47H32/c1-47(2)43-28-33-26-32(34-15-7-10-20-39(34)44-35-16-5-3-13-30(35)25-31-14-4-6-17-36(31)44)24-23-29(33)27-42(43)45-40-21-11-8-18-37(40)38-19-9-12-22-41(38)46(45)47/h3-28H,1-2H3. The van der Waals surface area contributed by atoms with Gasteiger partial charge in [-0.2, -0.15) is 0 Å². The molecule has 220 valence electrons. The first-order valence-electron chi connectivity index (χ1n) is 16.6. The molecule has 0 heterocycles. The molecule has 0 bridgehead atoms. The van der Waals surface area contributed by atoms with Crippen LogP contribution in [0.4, 0.5) is 0 Å². The maximum atomic E-state index is 2.48. The summed E-state index contributed by atoms with van der Waals surface area (Å²) in [5.41, 5.74) is 10.6. The largest absolute Gasteiger partial charge is 0.0616 e. The molecule has 0 unspecified atom stereocenters. The first-order chi connectivity index (χ1) is 23.1. The summed E-state index contributed by atoms with van der Waals surface area (Å²) in [6.45, 7) is 4.82. The molecule has 1 aliphatic carbocycles. The molecule has 0 aromatic heterocycles. The molecule has 47 heavy (non-hydrogen) atoms. The Morgan fingerprint density at radius 1 is 0.340 bits per heavy atom. The van der Waals surface area contributed by atoms with Crippen molar-refractivity contribution in [3.05, 3.63) is 169 Å². The van der Waals surface area contributed by atoms with Gasteiger partial charge in [0.2, 0.25) is 0 Å². The minimum atomic E-state index is -0.127. The lowest BCUT2D eigenvalue weighted by Gasteiger charge is -2.24. The Morgan fingerprint density at radius 2 is 0.894 bits per heavy atom. The van der Waals surface area contributed by atoms with Gasteiger partial charge in [0.1, 0.15) is 0 Å². The van der Waals surface area contributed by atoms with Crippen molar-refractivity contribution in [1.82, 2.24) is 0 Å². The van der Waals surface area contributed by atoms with Crippen molar-refractivity contribution in [3.8, 4) is 33.4 Å². The summed E-state index contributed by atoms with van der Waals surface area (Å²) in [7, 11) is 0. The van der Waals surface area contributed by atoms with Gasteiger partial charge in [-0.3, -0.25) is 0 Å². The summed E-state index contributed by atoms with van der Waals surface area (Å²) in [5.74, 6) is 0. The van der Waals surface area contributed by atoms with Gasteiger partial charge >= 0.3 is 0 Å². The van der Waals surface area contributed by atoms with Crippen molar-refractivity contribution in [2.24, 2.45) is 0 Å². The molecule has 0 amide bonds. The van der Waals surface area contributed by atoms with E-state index >= 15 is 0 Å². The van der Waals surface area contributed by atoms with Crippen LogP contribution >= 0.6 is 0 Å². The van der Waals surface area contributed by atoms with E-state index in [1.807, 2.05) is 0 Å². The molecule has 0 N–H and O–H groups in total. The highest BCUT2D eigenvalue weighted by atomic mass is 14.4. The minimum Gasteiger partial charge on any atom is -0.0616 e. The molecule has 0 nitrogen and oxygen atoms in total. The van der Waals surface area contributed by atoms with Gasteiger partial charge in [0.15, 0.2) is 0 Å². The SMILES string of the molecule is CC1(C)c2cc3cc(-c4ccccc4-c4c5ccccc5cc5ccccc45)ccc3cc2-c2c1c1ccccc1c1ccccc21. The summed E-state index contributed by atoms with van der Waals surface area (Å²) in [6.07, 6.45) is 0. The number of hydrogen-bond donors (Lipinski definition) is 0. The van der Waals surface area contributed by atoms with Crippen molar-refractivity contribution >= 4 is 53.9 Å². The van der Waals surface area contributed by atoms with Crippen LogP contribution in [0.2, 0.25) is 0 Å². The third-order valence-electron chi connectivity index (χ3n) is 10.8. The Labute approximate surface area is 274 Å². The highest BCUT2D eigenvalue weighted by Crippen LogP contribution is 2.55. The van der Waals surface area contributed by atoms with Crippen LogP contribution in [0.3, 0.4) is 0 Å². The fourth-order valence-corrected chi connectivity index (χ4v) is 8.65. The van der Waals surface area contributed by atoms with Gasteiger partial charge in [-0.05, 0) is 123 Å². The number of hydrogen-bond acceptors (Lipinski definition) is 0. The van der Waals surface area contributed by atoms with E-state index in [1.54, 1.807) is 0 Å². The molecular formula is C47H32. The first-order valence-corrected chi connectivity index (χ1v) is 16.6. The third kappa shape index (κ3) is 3.70. The zero-order valence-electron chi connectivity index (χ0n) is 26.5. The van der Waals surface area contributed by atoms with Gasteiger partial charge in [-0.1, -0.05) is 147 Å². The normalized spacial score (nSPS) is 13.5. The highest BCUT2D eigenvalue weighted by molar-refractivity contribution is 6.19. The average molecular weight is 597 g/mol. The molecule has 0 saturated carbocycles. The van der Waals surface area contributed by atoms with Crippen LogP contribution in [0.15, 0.2) is 158 Å². The Morgan fingerprint density at radius 3 is 1.60 bits per heavy atom. The average Bonchev–Trinajstić information content (AvgIpc) is 3.35. The van der Waals surface area contributed by atoms with Gasteiger partial charge in [0, 0.05) is 5.41 Å². The van der Waals surface area contributed by atoms with Gasteiger partial charge in [-0.15, -0.1) is 0 Å². The Balaban J connectivity index is 1.21. The van der Waals surface area contributed by atoms with Gasteiger partial charge < -0.3 is 0 Å². The second kappa shape index (κ2) is 9.64. The van der Waals surface area contributed by atoms with E-state index in [4.69, 9.17) is 0 Å². The van der Waals surface area contributed by atoms with Crippen LogP contribution < -0.4 is 0 Å². The summed E-state index contributed by atoms with van der Waals surface area (Å²) >= 11 is 0. The lowest BCUT2D eigenvalue weighted by molar-refractivity contribution is 0.667. The summed E-state index contributed by atoms with van der Waals surface area (Å²) in [6, 6.07) is 58.8. The van der Waals surface area contributed by atoms with E-state index in [9.17, 15) is 0 Å². The van der Waals surface area contributed by atoms with Crippen molar-refractivity contribution in [1.29, 1.82) is 0 Å². The van der Waals surface area contributed by atoms with E-state index in [0.717, 1.165) is 0 Å². The molecule has 0 atom stereocenters. The number of benzene rings is 9. The molecule has 1 aliphatic rings. The van der Waals surface area contributed by atoms with Crippen LogP contribution in [0.1, 0.15) is 25.0 Å². The fraction of sp³-hybridized carbons (Fsp3) is 0.0638. The quantitative estimate of drug-likeness (QED) is 0.138. The van der Waals surface area contributed by atoms with Gasteiger partial charge in [0.05, 0.1) is 0 Å². The van der Waals surface area contributed by atoms with Crippen LogP contribution in [0, 0.1) is 0 Å². The van der Waals surface area contributed by atoms with E-state index in [2.05, 4.69) is 172 Å². The van der Waals surface area contributed by atoms with Crippen LogP contribution in [-0.4, -0.2) is 0 Å². The fourth-order valence-electron chi connectivity index (χ4n) is 8.65. The molecule has 9 aromatic carbocycles.